The third kappa shape index (κ3) is 3.16. The summed E-state index contributed by atoms with van der Waals surface area (Å²) in [7, 11) is 0. The highest BCUT2D eigenvalue weighted by molar-refractivity contribution is 9.10. The van der Waals surface area contributed by atoms with Gasteiger partial charge < -0.3 is 10.1 Å². The average molecular weight is 473 g/mol. The summed E-state index contributed by atoms with van der Waals surface area (Å²) in [6, 6.07) is 23.2. The van der Waals surface area contributed by atoms with Crippen molar-refractivity contribution >= 4 is 50.0 Å². The second-order valence-corrected chi connectivity index (χ2v) is 8.22. The molecule has 1 aromatic heterocycles. The van der Waals surface area contributed by atoms with E-state index in [4.69, 9.17) is 0 Å². The fourth-order valence-electron chi connectivity index (χ4n) is 4.06. The number of amides is 1. The molecule has 0 bridgehead atoms. The van der Waals surface area contributed by atoms with Gasteiger partial charge in [0, 0.05) is 32.8 Å². The maximum absolute atomic E-state index is 13.2. The number of nitrogens with zero attached hydrogens (tertiary/aromatic N) is 1. The molecule has 4 aromatic rings. The molecule has 5 rings (SSSR count). The van der Waals surface area contributed by atoms with Crippen LogP contribution in [0.2, 0.25) is 0 Å². The van der Waals surface area contributed by atoms with Crippen LogP contribution in [-0.4, -0.2) is 21.8 Å². The molecule has 152 valence electrons. The van der Waals surface area contributed by atoms with Gasteiger partial charge in [0.15, 0.2) is 0 Å². The maximum atomic E-state index is 13.2. The largest absolute Gasteiger partial charge is 0.507 e. The van der Waals surface area contributed by atoms with Crippen molar-refractivity contribution in [3.8, 4) is 0 Å². The van der Waals surface area contributed by atoms with Gasteiger partial charge in [-0.15, -0.1) is 0 Å². The van der Waals surface area contributed by atoms with Crippen LogP contribution in [0.15, 0.2) is 95.1 Å². The zero-order chi connectivity index (χ0) is 21.5. The Kier molecular flexibility index (Phi) is 4.71. The molecule has 1 aliphatic rings. The lowest BCUT2D eigenvalue weighted by atomic mass is 9.95. The van der Waals surface area contributed by atoms with Gasteiger partial charge in [0.05, 0.1) is 11.6 Å². The Hall–Kier alpha value is -3.64. The van der Waals surface area contributed by atoms with E-state index in [0.717, 1.165) is 20.9 Å². The van der Waals surface area contributed by atoms with E-state index in [1.54, 1.807) is 18.3 Å². The standard InChI is InChI=1S/C25H17BrN2O3/c26-16-12-10-15(11-13-16)22-21(23(29)19-14-27-20-9-5-4-8-18(19)20)24(30)25(31)28(22)17-6-2-1-3-7-17/h1-14,22,27,29H/b23-21-. The first-order valence-corrected chi connectivity index (χ1v) is 10.5. The summed E-state index contributed by atoms with van der Waals surface area (Å²) in [5.74, 6) is -1.57. The van der Waals surface area contributed by atoms with Crippen molar-refractivity contribution < 1.29 is 14.7 Å². The van der Waals surface area contributed by atoms with E-state index in [2.05, 4.69) is 20.9 Å². The predicted molar refractivity (Wildman–Crippen MR) is 124 cm³/mol. The normalized spacial score (nSPS) is 18.1. The van der Waals surface area contributed by atoms with Gasteiger partial charge >= 0.3 is 0 Å². The Bertz CT molecular complexity index is 1340. The minimum absolute atomic E-state index is 0.0703. The number of ketones is 1. The Morgan fingerprint density at radius 3 is 2.32 bits per heavy atom. The van der Waals surface area contributed by atoms with Crippen LogP contribution >= 0.6 is 15.9 Å². The van der Waals surface area contributed by atoms with Crippen LogP contribution in [0.4, 0.5) is 5.69 Å². The fourth-order valence-corrected chi connectivity index (χ4v) is 4.32. The molecule has 1 saturated heterocycles. The number of hydrogen-bond acceptors (Lipinski definition) is 3. The maximum Gasteiger partial charge on any atom is 0.300 e. The molecule has 1 atom stereocenters. The molecule has 0 radical (unpaired) electrons. The number of benzene rings is 3. The molecule has 1 fully saturated rings. The van der Waals surface area contributed by atoms with Gasteiger partial charge in [-0.05, 0) is 35.9 Å². The molecule has 2 N–H and O–H groups in total. The molecule has 1 amide bonds. The summed E-state index contributed by atoms with van der Waals surface area (Å²) in [6.07, 6.45) is 1.66. The number of para-hydroxylation sites is 2. The SMILES string of the molecule is O=C1C(=O)N(c2ccccc2)C(c2ccc(Br)cc2)/C1=C(/O)c1c[nH]c2ccccc12. The lowest BCUT2D eigenvalue weighted by Crippen LogP contribution is -2.29. The minimum atomic E-state index is -0.746. The number of Topliss-reactive ketones (excluding diaryl/α,β-unsaturated/α-hetero) is 1. The molecule has 5 nitrogen and oxygen atoms in total. The number of aromatic nitrogens is 1. The number of halogens is 1. The number of fused-ring (bicyclic) bond motifs is 1. The van der Waals surface area contributed by atoms with Gasteiger partial charge in [-0.3, -0.25) is 14.5 Å². The number of aliphatic hydroxyl groups excluding tert-OH is 1. The number of rotatable bonds is 3. The summed E-state index contributed by atoms with van der Waals surface area (Å²) in [4.78, 5) is 30.9. The quantitative estimate of drug-likeness (QED) is 0.233. The first-order chi connectivity index (χ1) is 15.1. The predicted octanol–water partition coefficient (Wildman–Crippen LogP) is 5.56. The number of aromatic amines is 1. The lowest BCUT2D eigenvalue weighted by Gasteiger charge is -2.25. The Labute approximate surface area is 186 Å². The third-order valence-electron chi connectivity index (χ3n) is 5.51. The van der Waals surface area contributed by atoms with E-state index >= 15 is 0 Å². The van der Waals surface area contributed by atoms with Gasteiger partial charge in [-0.2, -0.15) is 0 Å². The van der Waals surface area contributed by atoms with Crippen molar-refractivity contribution in [1.29, 1.82) is 0 Å². The molecule has 0 spiro atoms. The fraction of sp³-hybridized carbons (Fsp3) is 0.0400. The van der Waals surface area contributed by atoms with E-state index in [0.29, 0.717) is 11.3 Å². The highest BCUT2D eigenvalue weighted by atomic mass is 79.9. The summed E-state index contributed by atoms with van der Waals surface area (Å²) in [5, 5.41) is 12.1. The van der Waals surface area contributed by atoms with Crippen LogP contribution in [0.5, 0.6) is 0 Å². The van der Waals surface area contributed by atoms with Crippen molar-refractivity contribution in [2.75, 3.05) is 4.90 Å². The minimum Gasteiger partial charge on any atom is -0.507 e. The second kappa shape index (κ2) is 7.56. The molecule has 3 aromatic carbocycles. The third-order valence-corrected chi connectivity index (χ3v) is 6.04. The molecule has 1 unspecified atom stereocenters. The summed E-state index contributed by atoms with van der Waals surface area (Å²) < 4.78 is 0.879. The van der Waals surface area contributed by atoms with Crippen LogP contribution in [0, 0.1) is 0 Å². The molecular weight excluding hydrogens is 456 g/mol. The number of anilines is 1. The van der Waals surface area contributed by atoms with Gasteiger partial charge in [-0.1, -0.05) is 64.5 Å². The molecule has 0 saturated carbocycles. The van der Waals surface area contributed by atoms with Crippen LogP contribution in [0.3, 0.4) is 0 Å². The summed E-state index contributed by atoms with van der Waals surface area (Å²) in [6.45, 7) is 0. The van der Waals surface area contributed by atoms with E-state index in [-0.39, 0.29) is 11.3 Å². The van der Waals surface area contributed by atoms with Crippen molar-refractivity contribution in [2.45, 2.75) is 6.04 Å². The zero-order valence-electron chi connectivity index (χ0n) is 16.2. The molecule has 2 heterocycles. The van der Waals surface area contributed by atoms with Crippen LogP contribution in [0.25, 0.3) is 16.7 Å². The zero-order valence-corrected chi connectivity index (χ0v) is 17.8. The van der Waals surface area contributed by atoms with Crippen molar-refractivity contribution in [3.63, 3.8) is 0 Å². The van der Waals surface area contributed by atoms with E-state index in [9.17, 15) is 14.7 Å². The highest BCUT2D eigenvalue weighted by Gasteiger charge is 2.47. The molecule has 0 aliphatic carbocycles. The van der Waals surface area contributed by atoms with E-state index in [1.165, 1.54) is 4.90 Å². The highest BCUT2D eigenvalue weighted by Crippen LogP contribution is 2.43. The number of aliphatic hydroxyl groups is 1. The van der Waals surface area contributed by atoms with Gasteiger partial charge in [0.2, 0.25) is 0 Å². The molecular formula is C25H17BrN2O3. The Morgan fingerprint density at radius 2 is 1.58 bits per heavy atom. The summed E-state index contributed by atoms with van der Waals surface area (Å²) >= 11 is 3.43. The van der Waals surface area contributed by atoms with Crippen molar-refractivity contribution in [3.05, 3.63) is 106 Å². The van der Waals surface area contributed by atoms with E-state index in [1.807, 2.05) is 66.7 Å². The van der Waals surface area contributed by atoms with E-state index < -0.39 is 17.7 Å². The average Bonchev–Trinajstić information content (AvgIpc) is 3.34. The number of nitrogens with one attached hydrogen (secondary N) is 1. The van der Waals surface area contributed by atoms with Gasteiger partial charge in [0.25, 0.3) is 11.7 Å². The lowest BCUT2D eigenvalue weighted by molar-refractivity contribution is -0.132. The van der Waals surface area contributed by atoms with Gasteiger partial charge in [-0.25, -0.2) is 0 Å². The summed E-state index contributed by atoms with van der Waals surface area (Å²) in [5.41, 5.74) is 2.72. The first kappa shape index (κ1) is 19.3. The topological polar surface area (TPSA) is 73.4 Å². The first-order valence-electron chi connectivity index (χ1n) is 9.74. The monoisotopic (exact) mass is 472 g/mol. The smallest absolute Gasteiger partial charge is 0.300 e. The van der Waals surface area contributed by atoms with Crippen molar-refractivity contribution in [2.24, 2.45) is 0 Å². The number of carbonyl (C=O) groups is 2. The number of carbonyl (C=O) groups excluding carboxylic acids is 2. The Morgan fingerprint density at radius 1 is 0.903 bits per heavy atom. The Balaban J connectivity index is 1.76. The van der Waals surface area contributed by atoms with Gasteiger partial charge in [0.1, 0.15) is 5.76 Å². The van der Waals surface area contributed by atoms with Crippen LogP contribution in [0.1, 0.15) is 17.2 Å². The number of H-pyrrole nitrogens is 1. The van der Waals surface area contributed by atoms with Crippen molar-refractivity contribution in [1.82, 2.24) is 4.98 Å². The second-order valence-electron chi connectivity index (χ2n) is 7.30. The molecule has 6 heteroatoms. The molecule has 1 aliphatic heterocycles. The molecule has 31 heavy (non-hydrogen) atoms. The van der Waals surface area contributed by atoms with Crippen LogP contribution in [-0.2, 0) is 9.59 Å². The number of hydrogen-bond donors (Lipinski definition) is 2. The van der Waals surface area contributed by atoms with Crippen LogP contribution < -0.4 is 4.90 Å².